The van der Waals surface area contributed by atoms with Crippen molar-refractivity contribution in [3.05, 3.63) is 98.6 Å². The molecule has 2 N–H and O–H groups in total. The number of carbonyl (C=O) groups excluding carboxylic acids is 1. The van der Waals surface area contributed by atoms with E-state index in [2.05, 4.69) is 15.6 Å². The Bertz CT molecular complexity index is 1570. The number of carbonyl (C=O) groups is 1. The third kappa shape index (κ3) is 7.08. The largest absolute Gasteiger partial charge is 0.383 e. The highest BCUT2D eigenvalue weighted by molar-refractivity contribution is 7.89. The minimum Gasteiger partial charge on any atom is -0.383 e. The Morgan fingerprint density at radius 1 is 0.842 bits per heavy atom. The third-order valence-electron chi connectivity index (χ3n) is 5.60. The summed E-state index contributed by atoms with van der Waals surface area (Å²) in [4.78, 5) is 17.1. The highest BCUT2D eigenvalue weighted by atomic mass is 35.5. The van der Waals surface area contributed by atoms with Gasteiger partial charge in [0, 0.05) is 57.0 Å². The highest BCUT2D eigenvalue weighted by Crippen LogP contribution is 2.26. The van der Waals surface area contributed by atoms with Crippen LogP contribution < -0.4 is 10.6 Å². The van der Waals surface area contributed by atoms with Crippen molar-refractivity contribution < 1.29 is 13.2 Å². The smallest absolute Gasteiger partial charge is 0.243 e. The van der Waals surface area contributed by atoms with Crippen LogP contribution >= 0.6 is 46.4 Å². The number of sulfonamides is 1. The topological polar surface area (TPSA) is 91.4 Å². The molecule has 0 saturated carbocycles. The van der Waals surface area contributed by atoms with E-state index in [-0.39, 0.29) is 18.0 Å². The van der Waals surface area contributed by atoms with E-state index in [9.17, 15) is 13.2 Å². The average molecular weight is 612 g/mol. The van der Waals surface area contributed by atoms with Crippen LogP contribution in [0.2, 0.25) is 20.1 Å². The van der Waals surface area contributed by atoms with Crippen LogP contribution in [0.4, 0.5) is 5.69 Å². The maximum Gasteiger partial charge on any atom is 0.243 e. The Kier molecular flexibility index (Phi) is 9.36. The van der Waals surface area contributed by atoms with Gasteiger partial charge in [-0.25, -0.2) is 8.42 Å². The lowest BCUT2D eigenvalue weighted by molar-refractivity contribution is -0.121. The van der Waals surface area contributed by atoms with Crippen LogP contribution in [-0.2, 0) is 21.4 Å². The number of amides is 1. The molecule has 4 aromatic rings. The number of hydrogen-bond donors (Lipinski definition) is 2. The van der Waals surface area contributed by atoms with Gasteiger partial charge < -0.3 is 10.6 Å². The van der Waals surface area contributed by atoms with E-state index in [1.165, 1.54) is 30.3 Å². The Morgan fingerprint density at radius 3 is 2.26 bits per heavy atom. The quantitative estimate of drug-likeness (QED) is 0.206. The maximum atomic E-state index is 13.4. The molecule has 0 unspecified atom stereocenters. The second kappa shape index (κ2) is 12.5. The van der Waals surface area contributed by atoms with Crippen molar-refractivity contribution in [2.75, 3.05) is 25.0 Å². The molecule has 7 nitrogen and oxygen atoms in total. The minimum atomic E-state index is -4.05. The van der Waals surface area contributed by atoms with Crippen LogP contribution in [0, 0.1) is 0 Å². The fourth-order valence-corrected chi connectivity index (χ4v) is 5.85. The summed E-state index contributed by atoms with van der Waals surface area (Å²) >= 11 is 24.3. The zero-order valence-corrected chi connectivity index (χ0v) is 23.6. The first-order valence-electron chi connectivity index (χ1n) is 11.4. The standard InChI is InChI=1S/C26H22Cl4N4O3S/c27-18-3-6-21(7-4-18)38(36,37)34(15-17-1-2-19(28)13-23(17)30)16-26(35)33-12-11-32-24-9-10-31-25-14-20(29)5-8-22(24)25/h1-10,13-14H,11-12,15-16H2,(H,31,32)(H,33,35). The number of halogens is 4. The molecule has 0 fully saturated rings. The number of nitrogens with zero attached hydrogens (tertiary/aromatic N) is 2. The molecular formula is C26H22Cl4N4O3S. The summed E-state index contributed by atoms with van der Waals surface area (Å²) in [6.07, 6.45) is 1.67. The Labute approximate surface area is 240 Å². The van der Waals surface area contributed by atoms with Crippen molar-refractivity contribution in [2.45, 2.75) is 11.4 Å². The van der Waals surface area contributed by atoms with Crippen molar-refractivity contribution >= 4 is 78.9 Å². The number of anilines is 1. The number of fused-ring (bicyclic) bond motifs is 1. The van der Waals surface area contributed by atoms with Crippen LogP contribution in [-0.4, -0.2) is 43.2 Å². The van der Waals surface area contributed by atoms with Crippen LogP contribution in [0.5, 0.6) is 0 Å². The van der Waals surface area contributed by atoms with Crippen molar-refractivity contribution in [1.82, 2.24) is 14.6 Å². The van der Waals surface area contributed by atoms with E-state index < -0.39 is 22.5 Å². The van der Waals surface area contributed by atoms with E-state index in [4.69, 9.17) is 46.4 Å². The van der Waals surface area contributed by atoms with Gasteiger partial charge >= 0.3 is 0 Å². The van der Waals surface area contributed by atoms with Gasteiger partial charge in [-0.15, -0.1) is 0 Å². The molecule has 0 radical (unpaired) electrons. The normalized spacial score (nSPS) is 11.6. The van der Waals surface area contributed by atoms with Gasteiger partial charge in [0.05, 0.1) is 17.0 Å². The van der Waals surface area contributed by atoms with Crippen LogP contribution in [0.15, 0.2) is 77.8 Å². The van der Waals surface area contributed by atoms with E-state index in [0.29, 0.717) is 32.2 Å². The Balaban J connectivity index is 1.44. The summed E-state index contributed by atoms with van der Waals surface area (Å²) < 4.78 is 27.9. The molecular weight excluding hydrogens is 590 g/mol. The number of rotatable bonds is 10. The van der Waals surface area contributed by atoms with Gasteiger partial charge in [0.1, 0.15) is 0 Å². The molecule has 4 rings (SSSR count). The number of nitrogens with one attached hydrogen (secondary N) is 2. The second-order valence-corrected chi connectivity index (χ2v) is 11.9. The first kappa shape index (κ1) is 28.4. The number of aromatic nitrogens is 1. The maximum absolute atomic E-state index is 13.4. The molecule has 0 saturated heterocycles. The average Bonchev–Trinajstić information content (AvgIpc) is 2.87. The summed E-state index contributed by atoms with van der Waals surface area (Å²) in [6.45, 7) is 0.117. The molecule has 0 spiro atoms. The van der Waals surface area contributed by atoms with Crippen molar-refractivity contribution in [3.63, 3.8) is 0 Å². The van der Waals surface area contributed by atoms with E-state index in [1.807, 2.05) is 12.1 Å². The highest BCUT2D eigenvalue weighted by Gasteiger charge is 2.27. The van der Waals surface area contributed by atoms with Crippen LogP contribution in [0.3, 0.4) is 0 Å². The van der Waals surface area contributed by atoms with Crippen molar-refractivity contribution in [2.24, 2.45) is 0 Å². The summed E-state index contributed by atoms with van der Waals surface area (Å²) in [5.74, 6) is -0.471. The first-order chi connectivity index (χ1) is 18.1. The molecule has 12 heteroatoms. The Morgan fingerprint density at radius 2 is 1.53 bits per heavy atom. The molecule has 0 aliphatic heterocycles. The molecule has 0 atom stereocenters. The van der Waals surface area contributed by atoms with Gasteiger partial charge in [0.15, 0.2) is 0 Å². The number of benzene rings is 3. The summed E-state index contributed by atoms with van der Waals surface area (Å²) in [5.41, 5.74) is 2.09. The lowest BCUT2D eigenvalue weighted by Crippen LogP contribution is -2.41. The summed E-state index contributed by atoms with van der Waals surface area (Å²) in [6, 6.07) is 17.7. The van der Waals surface area contributed by atoms with Gasteiger partial charge in [-0.1, -0.05) is 52.5 Å². The minimum absolute atomic E-state index is 0.00567. The zero-order chi connectivity index (χ0) is 27.3. The van der Waals surface area contributed by atoms with Crippen molar-refractivity contribution in [3.8, 4) is 0 Å². The molecule has 38 heavy (non-hydrogen) atoms. The van der Waals surface area contributed by atoms with Crippen LogP contribution in [0.1, 0.15) is 5.56 Å². The number of pyridine rings is 1. The van der Waals surface area contributed by atoms with Gasteiger partial charge in [-0.2, -0.15) is 4.31 Å². The van der Waals surface area contributed by atoms with Crippen molar-refractivity contribution in [1.29, 1.82) is 0 Å². The van der Waals surface area contributed by atoms with Gasteiger partial charge in [-0.3, -0.25) is 9.78 Å². The van der Waals surface area contributed by atoms with Gasteiger partial charge in [0.25, 0.3) is 0 Å². The van der Waals surface area contributed by atoms with E-state index in [1.54, 1.807) is 30.5 Å². The van der Waals surface area contributed by atoms with E-state index >= 15 is 0 Å². The van der Waals surface area contributed by atoms with Gasteiger partial charge in [0.2, 0.25) is 15.9 Å². The molecule has 3 aromatic carbocycles. The molecule has 198 valence electrons. The second-order valence-electron chi connectivity index (χ2n) is 8.26. The predicted molar refractivity (Wildman–Crippen MR) is 154 cm³/mol. The lowest BCUT2D eigenvalue weighted by atomic mass is 10.2. The van der Waals surface area contributed by atoms with Crippen LogP contribution in [0.25, 0.3) is 10.9 Å². The SMILES string of the molecule is O=C(CN(Cc1ccc(Cl)cc1Cl)S(=O)(=O)c1ccc(Cl)cc1)NCCNc1ccnc2cc(Cl)ccc12. The van der Waals surface area contributed by atoms with Gasteiger partial charge in [-0.05, 0) is 66.2 Å². The third-order valence-corrected chi connectivity index (χ3v) is 8.48. The predicted octanol–water partition coefficient (Wildman–Crippen LogP) is 6.27. The Hall–Kier alpha value is -2.59. The number of hydrogen-bond acceptors (Lipinski definition) is 5. The van der Waals surface area contributed by atoms with E-state index in [0.717, 1.165) is 20.9 Å². The molecule has 1 heterocycles. The summed E-state index contributed by atoms with van der Waals surface area (Å²) in [7, 11) is -4.05. The molecule has 0 bridgehead atoms. The molecule has 1 amide bonds. The fraction of sp³-hybridized carbons (Fsp3) is 0.154. The summed E-state index contributed by atoms with van der Waals surface area (Å²) in [5, 5.41) is 8.61. The fourth-order valence-electron chi connectivity index (χ4n) is 3.71. The molecule has 0 aliphatic rings. The monoisotopic (exact) mass is 610 g/mol. The molecule has 0 aliphatic carbocycles. The zero-order valence-electron chi connectivity index (χ0n) is 19.8. The lowest BCUT2D eigenvalue weighted by Gasteiger charge is -2.22. The first-order valence-corrected chi connectivity index (χ1v) is 14.3. The molecule has 1 aromatic heterocycles.